The molecule has 2 aromatic carbocycles. The molecule has 0 fully saturated rings. The number of hydrogen-bond acceptors (Lipinski definition) is 6. The van der Waals surface area contributed by atoms with Gasteiger partial charge in [0, 0.05) is 11.6 Å². The van der Waals surface area contributed by atoms with E-state index in [0.717, 1.165) is 29.7 Å². The van der Waals surface area contributed by atoms with E-state index >= 15 is 0 Å². The number of rotatable bonds is 2. The van der Waals surface area contributed by atoms with Crippen molar-refractivity contribution in [1.82, 2.24) is 0 Å². The molecule has 3 aliphatic rings. The molecule has 0 N–H and O–H groups in total. The first-order valence-electron chi connectivity index (χ1n) is 9.47. The van der Waals surface area contributed by atoms with E-state index in [1.165, 1.54) is 0 Å². The standard InChI is InChI=1S/C22H22O6/c1-22(2)7-6-13-17(28-22)10-19(24-3)20-14(23)9-16(27-21(13)20)12-4-5-15-18(8-12)26-11-25-15/h4-5,8,10,16H,6-7,9,11H2,1-3H3. The van der Waals surface area contributed by atoms with E-state index in [-0.39, 0.29) is 30.7 Å². The molecule has 1 unspecified atom stereocenters. The molecule has 0 saturated heterocycles. The quantitative estimate of drug-likeness (QED) is 0.774. The molecule has 0 aromatic heterocycles. The minimum Gasteiger partial charge on any atom is -0.496 e. The zero-order valence-electron chi connectivity index (χ0n) is 16.2. The number of methoxy groups -OCH3 is 1. The lowest BCUT2D eigenvalue weighted by Gasteiger charge is -2.36. The summed E-state index contributed by atoms with van der Waals surface area (Å²) in [4.78, 5) is 13.0. The Bertz CT molecular complexity index is 977. The number of ketones is 1. The van der Waals surface area contributed by atoms with E-state index in [1.54, 1.807) is 7.11 Å². The number of carbonyl (C=O) groups is 1. The summed E-state index contributed by atoms with van der Waals surface area (Å²) >= 11 is 0. The molecule has 5 rings (SSSR count). The van der Waals surface area contributed by atoms with E-state index < -0.39 is 0 Å². The third-order valence-corrected chi connectivity index (χ3v) is 5.57. The Morgan fingerprint density at radius 1 is 1.11 bits per heavy atom. The van der Waals surface area contributed by atoms with Crippen LogP contribution in [0.1, 0.15) is 54.3 Å². The highest BCUT2D eigenvalue weighted by atomic mass is 16.7. The molecular weight excluding hydrogens is 360 g/mol. The fraction of sp³-hybridized carbons (Fsp3) is 0.409. The van der Waals surface area contributed by atoms with Crippen LogP contribution in [0.2, 0.25) is 0 Å². The highest BCUT2D eigenvalue weighted by Crippen LogP contribution is 2.49. The summed E-state index contributed by atoms with van der Waals surface area (Å²) in [6, 6.07) is 7.48. The first-order chi connectivity index (χ1) is 13.4. The van der Waals surface area contributed by atoms with E-state index in [2.05, 4.69) is 13.8 Å². The van der Waals surface area contributed by atoms with Crippen LogP contribution in [0.4, 0.5) is 0 Å². The molecule has 6 heteroatoms. The number of ether oxygens (including phenoxy) is 5. The molecule has 0 bridgehead atoms. The van der Waals surface area contributed by atoms with Gasteiger partial charge in [-0.3, -0.25) is 4.79 Å². The largest absolute Gasteiger partial charge is 0.496 e. The van der Waals surface area contributed by atoms with Gasteiger partial charge in [-0.1, -0.05) is 6.07 Å². The van der Waals surface area contributed by atoms with Gasteiger partial charge < -0.3 is 23.7 Å². The topological polar surface area (TPSA) is 63.2 Å². The molecule has 3 aliphatic heterocycles. The minimum atomic E-state index is -0.388. The van der Waals surface area contributed by atoms with Crippen molar-refractivity contribution in [3.63, 3.8) is 0 Å². The molecule has 28 heavy (non-hydrogen) atoms. The molecule has 6 nitrogen and oxygen atoms in total. The second kappa shape index (κ2) is 6.06. The Morgan fingerprint density at radius 3 is 2.75 bits per heavy atom. The van der Waals surface area contributed by atoms with Crippen molar-refractivity contribution in [2.45, 2.75) is 44.8 Å². The van der Waals surface area contributed by atoms with Crippen LogP contribution in [0.15, 0.2) is 24.3 Å². The van der Waals surface area contributed by atoms with Crippen LogP contribution >= 0.6 is 0 Å². The minimum absolute atomic E-state index is 0.00778. The van der Waals surface area contributed by atoms with Crippen LogP contribution in [-0.2, 0) is 6.42 Å². The van der Waals surface area contributed by atoms with Crippen molar-refractivity contribution in [3.05, 3.63) is 41.0 Å². The van der Waals surface area contributed by atoms with Gasteiger partial charge in [0.05, 0.1) is 13.5 Å². The third kappa shape index (κ3) is 2.66. The van der Waals surface area contributed by atoms with Gasteiger partial charge in [0.25, 0.3) is 0 Å². The SMILES string of the molecule is COc1cc2c(c3c1C(=O)CC(c1ccc4c(c1)OCO4)O3)CCC(C)(C)O2. The molecule has 2 aromatic rings. The first kappa shape index (κ1) is 17.2. The Morgan fingerprint density at radius 2 is 1.93 bits per heavy atom. The smallest absolute Gasteiger partial charge is 0.231 e. The molecule has 0 aliphatic carbocycles. The van der Waals surface area contributed by atoms with Crippen LogP contribution < -0.4 is 23.7 Å². The normalized spacial score (nSPS) is 21.2. The predicted molar refractivity (Wildman–Crippen MR) is 101 cm³/mol. The van der Waals surface area contributed by atoms with Crippen LogP contribution in [-0.4, -0.2) is 25.3 Å². The molecule has 0 spiro atoms. The van der Waals surface area contributed by atoms with Gasteiger partial charge in [-0.25, -0.2) is 0 Å². The van der Waals surface area contributed by atoms with Gasteiger partial charge >= 0.3 is 0 Å². The number of Topliss-reactive ketones (excluding diaryl/α,β-unsaturated/α-hetero) is 1. The average Bonchev–Trinajstić information content (AvgIpc) is 3.13. The highest BCUT2D eigenvalue weighted by Gasteiger charge is 2.38. The molecular formula is C22H22O6. The summed E-state index contributed by atoms with van der Waals surface area (Å²) in [7, 11) is 1.56. The van der Waals surface area contributed by atoms with Crippen LogP contribution in [0.3, 0.4) is 0 Å². The van der Waals surface area contributed by atoms with Gasteiger partial charge in [-0.15, -0.1) is 0 Å². The number of fused-ring (bicyclic) bond motifs is 4. The van der Waals surface area contributed by atoms with Crippen molar-refractivity contribution in [2.75, 3.05) is 13.9 Å². The second-order valence-electron chi connectivity index (χ2n) is 7.97. The van der Waals surface area contributed by atoms with Crippen LogP contribution in [0, 0.1) is 0 Å². The first-order valence-corrected chi connectivity index (χ1v) is 9.47. The van der Waals surface area contributed by atoms with Crippen molar-refractivity contribution in [1.29, 1.82) is 0 Å². The number of carbonyl (C=O) groups excluding carboxylic acids is 1. The summed E-state index contributed by atoms with van der Waals surface area (Å²) in [5.74, 6) is 3.21. The predicted octanol–water partition coefficient (Wildman–Crippen LogP) is 4.23. The fourth-order valence-electron chi connectivity index (χ4n) is 4.06. The van der Waals surface area contributed by atoms with Gasteiger partial charge in [0.2, 0.25) is 6.79 Å². The maximum atomic E-state index is 13.0. The zero-order valence-corrected chi connectivity index (χ0v) is 16.2. The summed E-state index contributed by atoms with van der Waals surface area (Å²) in [5.41, 5.74) is 2.08. The van der Waals surface area contributed by atoms with Crippen molar-refractivity contribution in [2.24, 2.45) is 0 Å². The lowest BCUT2D eigenvalue weighted by molar-refractivity contribution is 0.0757. The zero-order chi connectivity index (χ0) is 19.5. The lowest BCUT2D eigenvalue weighted by Crippen LogP contribution is -2.33. The number of benzene rings is 2. The Kier molecular flexibility index (Phi) is 3.73. The van der Waals surface area contributed by atoms with E-state index in [4.69, 9.17) is 23.7 Å². The molecule has 0 radical (unpaired) electrons. The van der Waals surface area contributed by atoms with Gasteiger partial charge in [0.15, 0.2) is 17.3 Å². The average molecular weight is 382 g/mol. The van der Waals surface area contributed by atoms with Crippen molar-refractivity contribution < 1.29 is 28.5 Å². The van der Waals surface area contributed by atoms with Crippen molar-refractivity contribution >= 4 is 5.78 Å². The van der Waals surface area contributed by atoms with Crippen molar-refractivity contribution in [3.8, 4) is 28.7 Å². The summed E-state index contributed by atoms with van der Waals surface area (Å²) in [5, 5.41) is 0. The Labute approximate surface area is 163 Å². The number of hydrogen-bond donors (Lipinski definition) is 0. The van der Waals surface area contributed by atoms with E-state index in [9.17, 15) is 4.79 Å². The summed E-state index contributed by atoms with van der Waals surface area (Å²) in [6.45, 7) is 4.33. The maximum Gasteiger partial charge on any atom is 0.231 e. The molecule has 1 atom stereocenters. The van der Waals surface area contributed by atoms with Gasteiger partial charge in [-0.05, 0) is 44.4 Å². The molecule has 0 amide bonds. The monoisotopic (exact) mass is 382 g/mol. The van der Waals surface area contributed by atoms with Crippen LogP contribution in [0.25, 0.3) is 0 Å². The fourth-order valence-corrected chi connectivity index (χ4v) is 4.06. The molecule has 146 valence electrons. The molecule has 3 heterocycles. The highest BCUT2D eigenvalue weighted by molar-refractivity contribution is 6.03. The second-order valence-corrected chi connectivity index (χ2v) is 7.97. The maximum absolute atomic E-state index is 13.0. The third-order valence-electron chi connectivity index (χ3n) is 5.57. The van der Waals surface area contributed by atoms with Gasteiger partial charge in [0.1, 0.15) is 34.5 Å². The van der Waals surface area contributed by atoms with Crippen LogP contribution in [0.5, 0.6) is 28.7 Å². The summed E-state index contributed by atoms with van der Waals surface area (Å²) < 4.78 is 28.9. The van der Waals surface area contributed by atoms with E-state index in [0.29, 0.717) is 28.6 Å². The molecule has 0 saturated carbocycles. The Hall–Kier alpha value is -2.89. The van der Waals surface area contributed by atoms with Gasteiger partial charge in [-0.2, -0.15) is 0 Å². The van der Waals surface area contributed by atoms with E-state index in [1.807, 2.05) is 24.3 Å². The summed E-state index contributed by atoms with van der Waals surface area (Å²) in [6.07, 6.45) is 1.50. The Balaban J connectivity index is 1.58. The lowest BCUT2D eigenvalue weighted by atomic mass is 9.88.